The third-order valence-electron chi connectivity index (χ3n) is 5.49. The van der Waals surface area contributed by atoms with Gasteiger partial charge in [-0.25, -0.2) is 19.2 Å². The van der Waals surface area contributed by atoms with Gasteiger partial charge < -0.3 is 20.0 Å². The fourth-order valence-corrected chi connectivity index (χ4v) is 4.07. The molecule has 0 radical (unpaired) electrons. The molecule has 1 fully saturated rings. The number of anilines is 1. The molecular weight excluding hydrogens is 399 g/mol. The van der Waals surface area contributed by atoms with Crippen LogP contribution in [0.25, 0.3) is 22.3 Å². The summed E-state index contributed by atoms with van der Waals surface area (Å²) in [6.45, 7) is 5.48. The first-order valence-corrected chi connectivity index (χ1v) is 10.3. The van der Waals surface area contributed by atoms with E-state index in [1.54, 1.807) is 30.3 Å². The van der Waals surface area contributed by atoms with E-state index in [9.17, 15) is 19.4 Å². The van der Waals surface area contributed by atoms with Gasteiger partial charge in [0.1, 0.15) is 17.4 Å². The Morgan fingerprint density at radius 1 is 1.26 bits per heavy atom. The summed E-state index contributed by atoms with van der Waals surface area (Å²) in [7, 11) is 0. The van der Waals surface area contributed by atoms with Gasteiger partial charge in [-0.3, -0.25) is 0 Å². The SMILES string of the molecule is CC(C)CN(C(=O)O)[C@@H]1CCN(c2nc(-c3ccccc3O)nc3ccc(F)cc23)C1. The zero-order chi connectivity index (χ0) is 22.1. The normalized spacial score (nSPS) is 16.3. The third kappa shape index (κ3) is 4.23. The molecule has 1 saturated heterocycles. The number of hydrogen-bond donors (Lipinski definition) is 2. The quantitative estimate of drug-likeness (QED) is 0.633. The van der Waals surface area contributed by atoms with Gasteiger partial charge >= 0.3 is 6.09 Å². The van der Waals surface area contributed by atoms with Crippen molar-refractivity contribution in [2.24, 2.45) is 5.92 Å². The van der Waals surface area contributed by atoms with Crippen molar-refractivity contribution in [1.29, 1.82) is 0 Å². The summed E-state index contributed by atoms with van der Waals surface area (Å²) in [6, 6.07) is 11.0. The molecule has 0 saturated carbocycles. The maximum Gasteiger partial charge on any atom is 0.407 e. The molecule has 0 bridgehead atoms. The summed E-state index contributed by atoms with van der Waals surface area (Å²) in [5, 5.41) is 20.5. The minimum atomic E-state index is -0.936. The summed E-state index contributed by atoms with van der Waals surface area (Å²) in [5.41, 5.74) is 1.04. The van der Waals surface area contributed by atoms with Crippen LogP contribution in [-0.4, -0.2) is 56.9 Å². The number of carboxylic acid groups (broad SMARTS) is 1. The van der Waals surface area contributed by atoms with Gasteiger partial charge in [-0.2, -0.15) is 0 Å². The van der Waals surface area contributed by atoms with Gasteiger partial charge in [-0.15, -0.1) is 0 Å². The van der Waals surface area contributed by atoms with Gasteiger partial charge in [0.2, 0.25) is 0 Å². The van der Waals surface area contributed by atoms with Crippen molar-refractivity contribution in [3.63, 3.8) is 0 Å². The Bertz CT molecular complexity index is 1120. The summed E-state index contributed by atoms with van der Waals surface area (Å²) in [4.78, 5) is 24.5. The lowest BCUT2D eigenvalue weighted by Gasteiger charge is -2.28. The van der Waals surface area contributed by atoms with Crippen molar-refractivity contribution in [3.05, 3.63) is 48.3 Å². The number of carbonyl (C=O) groups is 1. The highest BCUT2D eigenvalue weighted by atomic mass is 19.1. The molecule has 2 heterocycles. The van der Waals surface area contributed by atoms with Crippen LogP contribution in [0.5, 0.6) is 5.75 Å². The molecule has 1 amide bonds. The van der Waals surface area contributed by atoms with E-state index in [-0.39, 0.29) is 17.7 Å². The van der Waals surface area contributed by atoms with E-state index < -0.39 is 11.9 Å². The van der Waals surface area contributed by atoms with Crippen LogP contribution in [0.15, 0.2) is 42.5 Å². The minimum Gasteiger partial charge on any atom is -0.507 e. The number of para-hydroxylation sites is 1. The van der Waals surface area contributed by atoms with Gasteiger partial charge in [0.25, 0.3) is 0 Å². The zero-order valence-corrected chi connectivity index (χ0v) is 17.5. The number of amides is 1. The number of phenols is 1. The largest absolute Gasteiger partial charge is 0.507 e. The lowest BCUT2D eigenvalue weighted by Crippen LogP contribution is -2.43. The van der Waals surface area contributed by atoms with Crippen LogP contribution in [0.1, 0.15) is 20.3 Å². The molecule has 8 heteroatoms. The van der Waals surface area contributed by atoms with Crippen molar-refractivity contribution >= 4 is 22.8 Å². The average Bonchev–Trinajstić information content (AvgIpc) is 3.21. The Labute approximate surface area is 179 Å². The Morgan fingerprint density at radius 3 is 2.74 bits per heavy atom. The minimum absolute atomic E-state index is 0.0585. The van der Waals surface area contributed by atoms with Crippen LogP contribution < -0.4 is 4.90 Å². The first-order chi connectivity index (χ1) is 14.8. The van der Waals surface area contributed by atoms with Crippen LogP contribution in [0.3, 0.4) is 0 Å². The highest BCUT2D eigenvalue weighted by Gasteiger charge is 2.32. The van der Waals surface area contributed by atoms with E-state index in [4.69, 9.17) is 0 Å². The van der Waals surface area contributed by atoms with Gasteiger partial charge in [-0.05, 0) is 42.7 Å². The third-order valence-corrected chi connectivity index (χ3v) is 5.49. The molecule has 2 aromatic carbocycles. The lowest BCUT2D eigenvalue weighted by atomic mass is 10.1. The first-order valence-electron chi connectivity index (χ1n) is 10.3. The van der Waals surface area contributed by atoms with E-state index >= 15 is 0 Å². The Balaban J connectivity index is 1.75. The van der Waals surface area contributed by atoms with Crippen LogP contribution >= 0.6 is 0 Å². The molecule has 7 nitrogen and oxygen atoms in total. The molecule has 162 valence electrons. The van der Waals surface area contributed by atoms with Gasteiger partial charge in [-0.1, -0.05) is 26.0 Å². The second-order valence-corrected chi connectivity index (χ2v) is 8.27. The van der Waals surface area contributed by atoms with E-state index in [0.717, 1.165) is 0 Å². The topological polar surface area (TPSA) is 89.8 Å². The molecule has 1 atom stereocenters. The van der Waals surface area contributed by atoms with E-state index in [0.29, 0.717) is 54.2 Å². The Hall–Kier alpha value is -3.42. The number of rotatable bonds is 5. The fourth-order valence-electron chi connectivity index (χ4n) is 4.07. The molecule has 3 aromatic rings. The second-order valence-electron chi connectivity index (χ2n) is 8.27. The summed E-state index contributed by atoms with van der Waals surface area (Å²) < 4.78 is 14.0. The predicted molar refractivity (Wildman–Crippen MR) is 117 cm³/mol. The summed E-state index contributed by atoms with van der Waals surface area (Å²) in [6.07, 6.45) is -0.278. The molecule has 0 spiro atoms. The van der Waals surface area contributed by atoms with Crippen LogP contribution in [-0.2, 0) is 0 Å². The Morgan fingerprint density at radius 2 is 2.03 bits per heavy atom. The smallest absolute Gasteiger partial charge is 0.407 e. The highest BCUT2D eigenvalue weighted by Crippen LogP contribution is 2.33. The van der Waals surface area contributed by atoms with E-state index in [2.05, 4.69) is 9.97 Å². The number of aromatic hydroxyl groups is 1. The second kappa shape index (κ2) is 8.37. The number of hydrogen-bond acceptors (Lipinski definition) is 5. The van der Waals surface area contributed by atoms with Crippen LogP contribution in [0.2, 0.25) is 0 Å². The number of aromatic nitrogens is 2. The molecule has 31 heavy (non-hydrogen) atoms. The molecule has 1 aliphatic heterocycles. The van der Waals surface area contributed by atoms with Crippen molar-refractivity contribution in [2.45, 2.75) is 26.3 Å². The van der Waals surface area contributed by atoms with Crippen LogP contribution in [0.4, 0.5) is 15.0 Å². The van der Waals surface area contributed by atoms with E-state index in [1.807, 2.05) is 18.7 Å². The Kier molecular flexibility index (Phi) is 5.63. The molecule has 2 N–H and O–H groups in total. The number of phenolic OH excluding ortho intramolecular Hbond substituents is 1. The zero-order valence-electron chi connectivity index (χ0n) is 17.5. The number of benzene rings is 2. The highest BCUT2D eigenvalue weighted by molar-refractivity contribution is 5.91. The summed E-state index contributed by atoms with van der Waals surface area (Å²) >= 11 is 0. The van der Waals surface area contributed by atoms with Gasteiger partial charge in [0, 0.05) is 25.0 Å². The first kappa shape index (κ1) is 20.8. The summed E-state index contributed by atoms with van der Waals surface area (Å²) in [5.74, 6) is 0.762. The lowest BCUT2D eigenvalue weighted by molar-refractivity contribution is 0.121. The van der Waals surface area contributed by atoms with Crippen molar-refractivity contribution < 1.29 is 19.4 Å². The number of fused-ring (bicyclic) bond motifs is 1. The van der Waals surface area contributed by atoms with E-state index in [1.165, 1.54) is 17.0 Å². The molecular formula is C23H25FN4O3. The molecule has 0 unspecified atom stereocenters. The predicted octanol–water partition coefficient (Wildman–Crippen LogP) is 4.36. The number of halogens is 1. The molecule has 0 aliphatic carbocycles. The molecule has 4 rings (SSSR count). The van der Waals surface area contributed by atoms with Crippen molar-refractivity contribution in [1.82, 2.24) is 14.9 Å². The van der Waals surface area contributed by atoms with Crippen LogP contribution in [0, 0.1) is 11.7 Å². The average molecular weight is 424 g/mol. The molecule has 1 aliphatic rings. The standard InChI is InChI=1S/C23H25FN4O3/c1-14(2)12-28(23(30)31)16-9-10-27(13-16)22-18-11-15(24)7-8-19(18)25-21(26-22)17-5-3-4-6-20(17)29/h3-8,11,14,16,29H,9-10,12-13H2,1-2H3,(H,30,31)/t16-/m1/s1. The molecule has 1 aromatic heterocycles. The van der Waals surface area contributed by atoms with Gasteiger partial charge in [0.05, 0.1) is 17.1 Å². The maximum absolute atomic E-state index is 14.0. The fraction of sp³-hybridized carbons (Fsp3) is 0.348. The number of nitrogens with zero attached hydrogens (tertiary/aromatic N) is 4. The van der Waals surface area contributed by atoms with Crippen molar-refractivity contribution in [3.8, 4) is 17.1 Å². The monoisotopic (exact) mass is 424 g/mol. The van der Waals surface area contributed by atoms with Gasteiger partial charge in [0.15, 0.2) is 5.82 Å². The maximum atomic E-state index is 14.0. The van der Waals surface area contributed by atoms with Crippen molar-refractivity contribution in [2.75, 3.05) is 24.5 Å².